The molecule has 0 aliphatic carbocycles. The molecule has 0 saturated carbocycles. The van der Waals surface area contributed by atoms with E-state index < -0.39 is 7.12 Å². The molecule has 2 aromatic rings. The first kappa shape index (κ1) is 8.74. The smallest absolute Gasteiger partial charge is 0.423 e. The molecule has 0 aliphatic heterocycles. The zero-order valence-electron chi connectivity index (χ0n) is 6.53. The molecule has 4 nitrogen and oxygen atoms in total. The Morgan fingerprint density at radius 1 is 1.46 bits per heavy atom. The largest absolute Gasteiger partial charge is 0.490 e. The average Bonchev–Trinajstić information content (AvgIpc) is 2.46. The number of nitrogens with zero attached hydrogens (tertiary/aromatic N) is 1. The molecular formula is C7H6BBrN2O2. The van der Waals surface area contributed by atoms with Gasteiger partial charge >= 0.3 is 7.12 Å². The van der Waals surface area contributed by atoms with E-state index >= 15 is 0 Å². The topological polar surface area (TPSA) is 69.1 Å². The molecule has 0 fully saturated rings. The molecule has 0 aliphatic rings. The fourth-order valence-corrected chi connectivity index (χ4v) is 1.54. The van der Waals surface area contributed by atoms with Crippen molar-refractivity contribution in [2.75, 3.05) is 0 Å². The van der Waals surface area contributed by atoms with Gasteiger partial charge in [-0.25, -0.2) is 4.98 Å². The minimum absolute atomic E-state index is 0.434. The first-order valence-electron chi connectivity index (χ1n) is 3.67. The summed E-state index contributed by atoms with van der Waals surface area (Å²) in [5, 5.41) is 18.7. The first-order chi connectivity index (χ1) is 6.18. The van der Waals surface area contributed by atoms with Crippen LogP contribution < -0.4 is 5.46 Å². The molecule has 6 heteroatoms. The first-order valence-corrected chi connectivity index (χ1v) is 4.46. The molecule has 0 aromatic carbocycles. The van der Waals surface area contributed by atoms with Crippen LogP contribution in [0.25, 0.3) is 11.0 Å². The maximum Gasteiger partial charge on any atom is 0.490 e. The number of fused-ring (bicyclic) bond motifs is 1. The van der Waals surface area contributed by atoms with Gasteiger partial charge < -0.3 is 15.0 Å². The summed E-state index contributed by atoms with van der Waals surface area (Å²) < 4.78 is 0.807. The number of nitrogens with one attached hydrogen (secondary N) is 1. The highest BCUT2D eigenvalue weighted by Crippen LogP contribution is 2.14. The maximum absolute atomic E-state index is 8.99. The van der Waals surface area contributed by atoms with Crippen LogP contribution in [0.4, 0.5) is 0 Å². The second-order valence-electron chi connectivity index (χ2n) is 2.67. The number of pyridine rings is 1. The second-order valence-corrected chi connectivity index (χ2v) is 3.58. The summed E-state index contributed by atoms with van der Waals surface area (Å²) in [6, 6.07) is 1.79. The van der Waals surface area contributed by atoms with E-state index in [2.05, 4.69) is 25.9 Å². The third-order valence-electron chi connectivity index (χ3n) is 1.81. The van der Waals surface area contributed by atoms with Crippen molar-refractivity contribution in [3.8, 4) is 0 Å². The van der Waals surface area contributed by atoms with Crippen molar-refractivity contribution in [2.24, 2.45) is 0 Å². The zero-order chi connectivity index (χ0) is 9.42. The summed E-state index contributed by atoms with van der Waals surface area (Å²) in [6.45, 7) is 0. The molecule has 0 unspecified atom stereocenters. The summed E-state index contributed by atoms with van der Waals surface area (Å²) in [5.41, 5.74) is 1.08. The van der Waals surface area contributed by atoms with Crippen LogP contribution in [0.15, 0.2) is 22.9 Å². The van der Waals surface area contributed by atoms with E-state index in [1.165, 1.54) is 6.20 Å². The van der Waals surface area contributed by atoms with E-state index in [9.17, 15) is 0 Å². The van der Waals surface area contributed by atoms with Crippen LogP contribution in [-0.2, 0) is 0 Å². The third kappa shape index (κ3) is 1.48. The SMILES string of the molecule is OB(O)c1c[nH]c2ncc(Br)cc12. The molecule has 0 spiro atoms. The second kappa shape index (κ2) is 3.14. The van der Waals surface area contributed by atoms with Gasteiger partial charge in [-0.15, -0.1) is 0 Å². The lowest BCUT2D eigenvalue weighted by atomic mass is 9.80. The minimum Gasteiger partial charge on any atom is -0.423 e. The van der Waals surface area contributed by atoms with Crippen LogP contribution in [0.5, 0.6) is 0 Å². The number of hydrogen-bond acceptors (Lipinski definition) is 3. The quantitative estimate of drug-likeness (QED) is 0.615. The normalized spacial score (nSPS) is 10.7. The summed E-state index contributed by atoms with van der Waals surface area (Å²) in [6.07, 6.45) is 3.18. The van der Waals surface area contributed by atoms with E-state index in [4.69, 9.17) is 10.0 Å². The number of aromatic amines is 1. The molecule has 2 aromatic heterocycles. The molecule has 2 heterocycles. The fourth-order valence-electron chi connectivity index (χ4n) is 1.21. The summed E-state index contributed by atoms with van der Waals surface area (Å²) in [4.78, 5) is 6.90. The Morgan fingerprint density at radius 3 is 2.92 bits per heavy atom. The van der Waals surface area contributed by atoms with E-state index in [-0.39, 0.29) is 0 Å². The van der Waals surface area contributed by atoms with Crippen molar-refractivity contribution in [1.29, 1.82) is 0 Å². The lowest BCUT2D eigenvalue weighted by Gasteiger charge is -1.95. The highest BCUT2D eigenvalue weighted by molar-refractivity contribution is 9.10. The van der Waals surface area contributed by atoms with Gasteiger partial charge in [-0.05, 0) is 22.0 Å². The van der Waals surface area contributed by atoms with Crippen LogP contribution in [0, 0.1) is 0 Å². The van der Waals surface area contributed by atoms with Gasteiger partial charge in [0.15, 0.2) is 0 Å². The monoisotopic (exact) mass is 240 g/mol. The molecule has 66 valence electrons. The predicted octanol–water partition coefficient (Wildman–Crippen LogP) is 0.00520. The summed E-state index contributed by atoms with van der Waals surface area (Å²) in [5.74, 6) is 0. The van der Waals surface area contributed by atoms with Crippen LogP contribution >= 0.6 is 15.9 Å². The molecule has 0 bridgehead atoms. The van der Waals surface area contributed by atoms with Crippen LogP contribution in [-0.4, -0.2) is 27.1 Å². The van der Waals surface area contributed by atoms with E-state index in [1.54, 1.807) is 12.3 Å². The molecule has 3 N–H and O–H groups in total. The molecule has 0 saturated heterocycles. The summed E-state index contributed by atoms with van der Waals surface area (Å²) >= 11 is 3.26. The van der Waals surface area contributed by atoms with E-state index in [0.29, 0.717) is 16.5 Å². The maximum atomic E-state index is 8.99. The minimum atomic E-state index is -1.47. The van der Waals surface area contributed by atoms with Crippen molar-refractivity contribution in [2.45, 2.75) is 0 Å². The Balaban J connectivity index is 2.71. The Kier molecular flexibility index (Phi) is 2.11. The Hall–Kier alpha value is -0.845. The fraction of sp³-hybridized carbons (Fsp3) is 0. The molecule has 13 heavy (non-hydrogen) atoms. The highest BCUT2D eigenvalue weighted by atomic mass is 79.9. The number of hydrogen-bond donors (Lipinski definition) is 3. The van der Waals surface area contributed by atoms with Crippen molar-refractivity contribution in [3.05, 3.63) is 22.9 Å². The van der Waals surface area contributed by atoms with Gasteiger partial charge in [-0.1, -0.05) is 0 Å². The predicted molar refractivity (Wildman–Crippen MR) is 53.6 cm³/mol. The van der Waals surface area contributed by atoms with Gasteiger partial charge in [-0.3, -0.25) is 0 Å². The average molecular weight is 241 g/mol. The number of halogens is 1. The van der Waals surface area contributed by atoms with Crippen LogP contribution in [0.1, 0.15) is 0 Å². The van der Waals surface area contributed by atoms with Crippen LogP contribution in [0.3, 0.4) is 0 Å². The van der Waals surface area contributed by atoms with Crippen molar-refractivity contribution >= 4 is 39.5 Å². The van der Waals surface area contributed by atoms with Gasteiger partial charge in [0.25, 0.3) is 0 Å². The van der Waals surface area contributed by atoms with Gasteiger partial charge in [0.2, 0.25) is 0 Å². The van der Waals surface area contributed by atoms with Gasteiger partial charge in [-0.2, -0.15) is 0 Å². The Labute approximate surface area is 82.9 Å². The van der Waals surface area contributed by atoms with Crippen LogP contribution in [0.2, 0.25) is 0 Å². The molecule has 0 atom stereocenters. The lowest BCUT2D eigenvalue weighted by molar-refractivity contribution is 0.426. The number of H-pyrrole nitrogens is 1. The molecule has 0 radical (unpaired) electrons. The molecular weight excluding hydrogens is 235 g/mol. The summed E-state index contributed by atoms with van der Waals surface area (Å²) in [7, 11) is -1.47. The Bertz CT molecular complexity index is 443. The third-order valence-corrected chi connectivity index (χ3v) is 2.24. The molecule has 0 amide bonds. The standard InChI is InChI=1S/C7H6BBrN2O2/c9-4-1-5-6(8(12)13)3-11-7(5)10-2-4/h1-3,12-13H,(H,10,11). The van der Waals surface area contributed by atoms with Gasteiger partial charge in [0, 0.05) is 27.7 Å². The van der Waals surface area contributed by atoms with Crippen molar-refractivity contribution < 1.29 is 10.0 Å². The van der Waals surface area contributed by atoms with Gasteiger partial charge in [0.05, 0.1) is 0 Å². The highest BCUT2D eigenvalue weighted by Gasteiger charge is 2.16. The van der Waals surface area contributed by atoms with E-state index in [0.717, 1.165) is 4.47 Å². The van der Waals surface area contributed by atoms with Crippen molar-refractivity contribution in [3.63, 3.8) is 0 Å². The molecule has 2 rings (SSSR count). The Morgan fingerprint density at radius 2 is 2.23 bits per heavy atom. The van der Waals surface area contributed by atoms with E-state index in [1.807, 2.05) is 0 Å². The lowest BCUT2D eigenvalue weighted by Crippen LogP contribution is -2.28. The number of rotatable bonds is 1. The van der Waals surface area contributed by atoms with Crippen molar-refractivity contribution in [1.82, 2.24) is 9.97 Å². The number of aromatic nitrogens is 2. The van der Waals surface area contributed by atoms with Gasteiger partial charge in [0.1, 0.15) is 5.65 Å². The zero-order valence-corrected chi connectivity index (χ0v) is 8.12.